The molecule has 1 amide bonds. The Hall–Kier alpha value is -2.00. The maximum Gasteiger partial charge on any atom is 0.224 e. The summed E-state index contributed by atoms with van der Waals surface area (Å²) in [6, 6.07) is 15.2. The van der Waals surface area contributed by atoms with Crippen molar-refractivity contribution in [1.82, 2.24) is 5.32 Å². The van der Waals surface area contributed by atoms with Gasteiger partial charge in [-0.3, -0.25) is 4.79 Å². The minimum atomic E-state index is -0.00735. The quantitative estimate of drug-likeness (QED) is 0.831. The van der Waals surface area contributed by atoms with Gasteiger partial charge in [0.2, 0.25) is 5.91 Å². The maximum absolute atomic E-state index is 11.9. The Bertz CT molecular complexity index is 613. The van der Waals surface area contributed by atoms with Crippen molar-refractivity contribution < 1.29 is 9.53 Å². The van der Waals surface area contributed by atoms with Crippen molar-refractivity contribution >= 4 is 17.5 Å². The first-order valence-corrected chi connectivity index (χ1v) is 7.23. The number of amides is 1. The predicted molar refractivity (Wildman–Crippen MR) is 84.8 cm³/mol. The number of ether oxygens (including phenoxy) is 1. The SMILES string of the molecule is Cc1ccccc1CC(=O)NCCOc1ccccc1Cl. The first-order valence-electron chi connectivity index (χ1n) is 6.85. The monoisotopic (exact) mass is 303 g/mol. The zero-order valence-electron chi connectivity index (χ0n) is 11.9. The zero-order valence-corrected chi connectivity index (χ0v) is 12.7. The molecule has 3 nitrogen and oxygen atoms in total. The van der Waals surface area contributed by atoms with Crippen LogP contribution in [0.1, 0.15) is 11.1 Å². The van der Waals surface area contributed by atoms with Crippen molar-refractivity contribution in [2.45, 2.75) is 13.3 Å². The van der Waals surface area contributed by atoms with E-state index in [4.69, 9.17) is 16.3 Å². The molecule has 0 unspecified atom stereocenters. The van der Waals surface area contributed by atoms with Crippen molar-refractivity contribution in [3.8, 4) is 5.75 Å². The van der Waals surface area contributed by atoms with Crippen molar-refractivity contribution in [3.63, 3.8) is 0 Å². The summed E-state index contributed by atoms with van der Waals surface area (Å²) in [7, 11) is 0. The summed E-state index contributed by atoms with van der Waals surface area (Å²) in [5, 5.41) is 3.41. The van der Waals surface area contributed by atoms with Gasteiger partial charge in [-0.15, -0.1) is 0 Å². The number of aryl methyl sites for hydroxylation is 1. The molecule has 0 atom stereocenters. The van der Waals surface area contributed by atoms with Crippen LogP contribution in [0.25, 0.3) is 0 Å². The van der Waals surface area contributed by atoms with Gasteiger partial charge in [0.25, 0.3) is 0 Å². The number of carbonyl (C=O) groups excluding carboxylic acids is 1. The molecule has 0 bridgehead atoms. The van der Waals surface area contributed by atoms with Crippen LogP contribution in [0.5, 0.6) is 5.75 Å². The summed E-state index contributed by atoms with van der Waals surface area (Å²) in [6.07, 6.45) is 0.388. The highest BCUT2D eigenvalue weighted by Crippen LogP contribution is 2.22. The smallest absolute Gasteiger partial charge is 0.224 e. The topological polar surface area (TPSA) is 38.3 Å². The van der Waals surface area contributed by atoms with Crippen molar-refractivity contribution in [1.29, 1.82) is 0 Å². The summed E-state index contributed by atoms with van der Waals surface area (Å²) >= 11 is 5.98. The minimum Gasteiger partial charge on any atom is -0.490 e. The molecule has 0 aliphatic rings. The molecule has 21 heavy (non-hydrogen) atoms. The van der Waals surface area contributed by atoms with Crippen LogP contribution in [0.4, 0.5) is 0 Å². The lowest BCUT2D eigenvalue weighted by Gasteiger charge is -2.09. The first kappa shape index (κ1) is 15.4. The molecule has 4 heteroatoms. The summed E-state index contributed by atoms with van der Waals surface area (Å²) < 4.78 is 5.51. The van der Waals surface area contributed by atoms with Gasteiger partial charge in [0.1, 0.15) is 12.4 Å². The van der Waals surface area contributed by atoms with Gasteiger partial charge in [-0.1, -0.05) is 48.0 Å². The van der Waals surface area contributed by atoms with E-state index in [1.54, 1.807) is 12.1 Å². The van der Waals surface area contributed by atoms with E-state index in [1.807, 2.05) is 43.3 Å². The lowest BCUT2D eigenvalue weighted by molar-refractivity contribution is -0.120. The van der Waals surface area contributed by atoms with Gasteiger partial charge >= 0.3 is 0 Å². The first-order chi connectivity index (χ1) is 10.2. The lowest BCUT2D eigenvalue weighted by Crippen LogP contribution is -2.29. The van der Waals surface area contributed by atoms with E-state index in [9.17, 15) is 4.79 Å². The minimum absolute atomic E-state index is 0.00735. The largest absolute Gasteiger partial charge is 0.490 e. The Balaban J connectivity index is 1.73. The second-order valence-corrected chi connectivity index (χ2v) is 5.14. The summed E-state index contributed by atoms with van der Waals surface area (Å²) in [6.45, 7) is 2.85. The van der Waals surface area contributed by atoms with Crippen molar-refractivity contribution in [3.05, 3.63) is 64.7 Å². The molecule has 0 saturated heterocycles. The average Bonchev–Trinajstić information content (AvgIpc) is 2.48. The second-order valence-electron chi connectivity index (χ2n) is 4.73. The third kappa shape index (κ3) is 4.80. The van der Waals surface area contributed by atoms with Gasteiger partial charge in [-0.05, 0) is 30.2 Å². The molecule has 2 aromatic rings. The molecule has 0 aliphatic heterocycles. The van der Waals surface area contributed by atoms with Crippen LogP contribution in [-0.4, -0.2) is 19.1 Å². The molecule has 0 saturated carbocycles. The summed E-state index contributed by atoms with van der Waals surface area (Å²) in [5.74, 6) is 0.624. The number of para-hydroxylation sites is 1. The molecule has 0 spiro atoms. The fourth-order valence-electron chi connectivity index (χ4n) is 1.96. The van der Waals surface area contributed by atoms with Gasteiger partial charge in [0.05, 0.1) is 18.0 Å². The fourth-order valence-corrected chi connectivity index (χ4v) is 2.15. The number of carbonyl (C=O) groups is 1. The number of nitrogens with one attached hydrogen (secondary N) is 1. The van der Waals surface area contributed by atoms with E-state index >= 15 is 0 Å². The van der Waals surface area contributed by atoms with E-state index < -0.39 is 0 Å². The normalized spacial score (nSPS) is 10.2. The molecule has 0 aliphatic carbocycles. The van der Waals surface area contributed by atoms with E-state index in [0.717, 1.165) is 11.1 Å². The molecule has 0 heterocycles. The van der Waals surface area contributed by atoms with E-state index in [1.165, 1.54) is 0 Å². The molecule has 110 valence electrons. The Morgan fingerprint density at radius 2 is 1.86 bits per heavy atom. The molecular formula is C17H18ClNO2. The highest BCUT2D eigenvalue weighted by Gasteiger charge is 2.05. The van der Waals surface area contributed by atoms with Gasteiger partial charge in [-0.2, -0.15) is 0 Å². The number of rotatable bonds is 6. The number of halogens is 1. The van der Waals surface area contributed by atoms with E-state index in [0.29, 0.717) is 30.3 Å². The van der Waals surface area contributed by atoms with Crippen molar-refractivity contribution in [2.24, 2.45) is 0 Å². The van der Waals surface area contributed by atoms with Gasteiger partial charge in [-0.25, -0.2) is 0 Å². The molecular weight excluding hydrogens is 286 g/mol. The van der Waals surface area contributed by atoms with E-state index in [2.05, 4.69) is 5.32 Å². The molecule has 1 N–H and O–H groups in total. The van der Waals surface area contributed by atoms with Crippen LogP contribution in [0, 0.1) is 6.92 Å². The lowest BCUT2D eigenvalue weighted by atomic mass is 10.1. The predicted octanol–water partition coefficient (Wildman–Crippen LogP) is 3.39. The molecule has 0 radical (unpaired) electrons. The van der Waals surface area contributed by atoms with Crippen molar-refractivity contribution in [2.75, 3.05) is 13.2 Å². The Morgan fingerprint density at radius 3 is 2.62 bits per heavy atom. The second kappa shape index (κ2) is 7.70. The van der Waals surface area contributed by atoms with Gasteiger partial charge in [0.15, 0.2) is 0 Å². The summed E-state index contributed by atoms with van der Waals surface area (Å²) in [4.78, 5) is 11.9. The van der Waals surface area contributed by atoms with Crippen LogP contribution < -0.4 is 10.1 Å². The molecule has 2 rings (SSSR count). The average molecular weight is 304 g/mol. The fraction of sp³-hybridized carbons (Fsp3) is 0.235. The summed E-state index contributed by atoms with van der Waals surface area (Å²) in [5.41, 5.74) is 2.17. The van der Waals surface area contributed by atoms with E-state index in [-0.39, 0.29) is 5.91 Å². The Morgan fingerprint density at radius 1 is 1.14 bits per heavy atom. The Labute approximate surface area is 129 Å². The van der Waals surface area contributed by atoms with Crippen LogP contribution >= 0.6 is 11.6 Å². The number of hydrogen-bond acceptors (Lipinski definition) is 2. The maximum atomic E-state index is 11.9. The van der Waals surface area contributed by atoms with Crippen LogP contribution in [-0.2, 0) is 11.2 Å². The third-order valence-corrected chi connectivity index (χ3v) is 3.44. The molecule has 0 fully saturated rings. The molecule has 0 aromatic heterocycles. The number of hydrogen-bond donors (Lipinski definition) is 1. The Kier molecular flexibility index (Phi) is 5.64. The highest BCUT2D eigenvalue weighted by molar-refractivity contribution is 6.32. The van der Waals surface area contributed by atoms with Gasteiger partial charge in [0, 0.05) is 0 Å². The van der Waals surface area contributed by atoms with Crippen LogP contribution in [0.15, 0.2) is 48.5 Å². The standard InChI is InChI=1S/C17H18ClNO2/c1-13-6-2-3-7-14(13)12-17(20)19-10-11-21-16-9-5-4-8-15(16)18/h2-9H,10-12H2,1H3,(H,19,20). The molecule has 2 aromatic carbocycles. The van der Waals surface area contributed by atoms with Crippen LogP contribution in [0.3, 0.4) is 0 Å². The number of benzene rings is 2. The highest BCUT2D eigenvalue weighted by atomic mass is 35.5. The van der Waals surface area contributed by atoms with Crippen LogP contribution in [0.2, 0.25) is 5.02 Å². The third-order valence-electron chi connectivity index (χ3n) is 3.13. The zero-order chi connectivity index (χ0) is 15.1. The van der Waals surface area contributed by atoms with Gasteiger partial charge < -0.3 is 10.1 Å².